The molecule has 300 valence electrons. The maximum absolute atomic E-state index is 12.9. The second kappa shape index (κ2) is 16.8. The minimum Gasteiger partial charge on any atom is -0.507 e. The molecule has 0 saturated carbocycles. The van der Waals surface area contributed by atoms with Gasteiger partial charge in [-0.25, -0.2) is 0 Å². The summed E-state index contributed by atoms with van der Waals surface area (Å²) in [5.41, 5.74) is 0.0343. The first-order chi connectivity index (χ1) is 26.6. The highest BCUT2D eigenvalue weighted by Crippen LogP contribution is 2.36. The highest BCUT2D eigenvalue weighted by atomic mass is 16.7. The van der Waals surface area contributed by atoms with Crippen LogP contribution in [0.2, 0.25) is 0 Å². The Hall–Kier alpha value is -5.41. The van der Waals surface area contributed by atoms with Gasteiger partial charge in [-0.15, -0.1) is 0 Å². The smallest absolute Gasteiger partial charge is 0.229 e. The van der Waals surface area contributed by atoms with Crippen LogP contribution in [0.15, 0.2) is 88.3 Å². The van der Waals surface area contributed by atoms with Crippen LogP contribution < -0.4 is 10.2 Å². The van der Waals surface area contributed by atoms with Crippen molar-refractivity contribution in [2.24, 2.45) is 0 Å². The highest BCUT2D eigenvalue weighted by molar-refractivity contribution is 5.86. The predicted octanol–water partition coefficient (Wildman–Crippen LogP) is 0.328. The van der Waals surface area contributed by atoms with Gasteiger partial charge in [0.25, 0.3) is 0 Å². The first-order valence-electron chi connectivity index (χ1n) is 17.1. The van der Waals surface area contributed by atoms with E-state index in [2.05, 4.69) is 6.58 Å². The summed E-state index contributed by atoms with van der Waals surface area (Å²) in [6.45, 7) is 2.44. The second-order valence-electron chi connectivity index (χ2n) is 13.1. The molecule has 3 heterocycles. The third-order valence-corrected chi connectivity index (χ3v) is 9.19. The number of phenolic OH excluding ortho intramolecular Hbond substituents is 5. The van der Waals surface area contributed by atoms with Crippen LogP contribution >= 0.6 is 0 Å². The SMILES string of the molecule is C=C(/C=C/Cc1ccc(O)c(O)c1)O[C@H]1[C@H](O)[C@@H](O)[C@H](OC[C@H]2O[C@@H](Oc3cc(O)c4c(=O)cc(-c5ccc(O)c(O)c5)oc4c3)[C@H](O)[C@@H](O)[C@@H]2O)O[C@@H]1CO. The van der Waals surface area contributed by atoms with E-state index in [-0.39, 0.29) is 45.3 Å². The molecule has 2 fully saturated rings. The number of ether oxygens (including phenoxy) is 5. The molecule has 3 aromatic carbocycles. The summed E-state index contributed by atoms with van der Waals surface area (Å²) in [5, 5.41) is 113. The Labute approximate surface area is 316 Å². The molecule has 0 aliphatic carbocycles. The summed E-state index contributed by atoms with van der Waals surface area (Å²) in [4.78, 5) is 12.9. The van der Waals surface area contributed by atoms with Gasteiger partial charge >= 0.3 is 0 Å². The van der Waals surface area contributed by atoms with E-state index in [9.17, 15) is 61.0 Å². The van der Waals surface area contributed by atoms with Gasteiger partial charge in [0, 0.05) is 23.8 Å². The molecule has 18 nitrogen and oxygen atoms in total. The van der Waals surface area contributed by atoms with Crippen LogP contribution in [0.4, 0.5) is 0 Å². The molecule has 0 bridgehead atoms. The first kappa shape index (κ1) is 40.3. The fourth-order valence-electron chi connectivity index (χ4n) is 6.18. The van der Waals surface area contributed by atoms with E-state index in [0.717, 1.165) is 18.2 Å². The molecular weight excluding hydrogens is 744 g/mol. The van der Waals surface area contributed by atoms with E-state index in [4.69, 9.17) is 28.1 Å². The minimum atomic E-state index is -1.87. The molecule has 0 amide bonds. The lowest BCUT2D eigenvalue weighted by Crippen LogP contribution is -2.62. The van der Waals surface area contributed by atoms with Gasteiger partial charge in [-0.3, -0.25) is 4.79 Å². The minimum absolute atomic E-state index is 0.0305. The van der Waals surface area contributed by atoms with Gasteiger partial charge in [-0.1, -0.05) is 18.7 Å². The summed E-state index contributed by atoms with van der Waals surface area (Å²) < 4.78 is 34.1. The van der Waals surface area contributed by atoms with Crippen molar-refractivity contribution < 1.29 is 84.3 Å². The zero-order valence-corrected chi connectivity index (χ0v) is 29.2. The number of fused-ring (bicyclic) bond motifs is 1. The Bertz CT molecular complexity index is 2130. The van der Waals surface area contributed by atoms with Gasteiger partial charge in [-0.2, -0.15) is 0 Å². The number of benzene rings is 3. The number of hydrogen-bond acceptors (Lipinski definition) is 18. The van der Waals surface area contributed by atoms with Gasteiger partial charge in [0.2, 0.25) is 6.29 Å². The van der Waals surface area contributed by atoms with Gasteiger partial charge in [0.1, 0.15) is 76.7 Å². The molecule has 10 atom stereocenters. The summed E-state index contributed by atoms with van der Waals surface area (Å²) in [6.07, 6.45) is -12.9. The van der Waals surface area contributed by atoms with Gasteiger partial charge < -0.3 is 84.3 Å². The number of aromatic hydroxyl groups is 5. The van der Waals surface area contributed by atoms with Crippen LogP contribution in [-0.2, 0) is 25.4 Å². The van der Waals surface area contributed by atoms with Crippen molar-refractivity contribution in [1.82, 2.24) is 0 Å². The molecule has 1 aromatic heterocycles. The quantitative estimate of drug-likeness (QED) is 0.0524. The van der Waals surface area contributed by atoms with Crippen LogP contribution in [0.25, 0.3) is 22.3 Å². The third kappa shape index (κ3) is 8.53. The molecule has 4 aromatic rings. The Morgan fingerprint density at radius 3 is 2.11 bits per heavy atom. The maximum atomic E-state index is 12.9. The van der Waals surface area contributed by atoms with Crippen LogP contribution in [0.3, 0.4) is 0 Å². The van der Waals surface area contributed by atoms with Gasteiger partial charge in [0.05, 0.1) is 13.2 Å². The van der Waals surface area contributed by atoms with Gasteiger partial charge in [-0.05, 0) is 48.4 Å². The van der Waals surface area contributed by atoms with Crippen molar-refractivity contribution in [3.63, 3.8) is 0 Å². The number of rotatable bonds is 12. The first-order valence-corrected chi connectivity index (χ1v) is 17.1. The second-order valence-corrected chi connectivity index (χ2v) is 13.1. The molecule has 18 heteroatoms. The van der Waals surface area contributed by atoms with Crippen molar-refractivity contribution in [1.29, 1.82) is 0 Å². The van der Waals surface area contributed by atoms with Crippen LogP contribution in [0, 0.1) is 0 Å². The van der Waals surface area contributed by atoms with E-state index in [0.29, 0.717) is 12.0 Å². The average Bonchev–Trinajstić information content (AvgIpc) is 3.16. The topological polar surface area (TPSA) is 299 Å². The molecule has 6 rings (SSSR count). The summed E-state index contributed by atoms with van der Waals surface area (Å²) in [5.74, 6) is -2.23. The zero-order chi connectivity index (χ0) is 40.4. The molecule has 2 aliphatic rings. The van der Waals surface area contributed by atoms with Crippen molar-refractivity contribution in [3.05, 3.63) is 94.9 Å². The van der Waals surface area contributed by atoms with E-state index in [1.54, 1.807) is 12.1 Å². The lowest BCUT2D eigenvalue weighted by molar-refractivity contribution is -0.323. The largest absolute Gasteiger partial charge is 0.507 e. The fourth-order valence-corrected chi connectivity index (χ4v) is 6.18. The Morgan fingerprint density at radius 1 is 0.732 bits per heavy atom. The fraction of sp³-hybridized carbons (Fsp3) is 0.342. The zero-order valence-electron chi connectivity index (χ0n) is 29.2. The summed E-state index contributed by atoms with van der Waals surface area (Å²) in [6, 6.07) is 11.3. The van der Waals surface area contributed by atoms with Crippen LogP contribution in [-0.4, -0.2) is 131 Å². The van der Waals surface area contributed by atoms with E-state index < -0.39 is 97.3 Å². The lowest BCUT2D eigenvalue weighted by Gasteiger charge is -2.43. The third-order valence-electron chi connectivity index (χ3n) is 9.19. The van der Waals surface area contributed by atoms with Crippen molar-refractivity contribution in [3.8, 4) is 45.8 Å². The standard InChI is InChI=1S/C38H40O18/c1-16(3-2-4-17-5-7-20(40)22(42)9-17)52-36-28(14-39)55-37(35(50)33(36)48)51-15-29-31(46)32(47)34(49)38(56-29)53-19-11-24(44)30-25(45)13-26(54-27(30)12-19)18-6-8-21(41)23(43)10-18/h2-3,5-13,28-29,31-44,46-50H,1,4,14-15H2/b3-2+/t28-,29-,31-,32+,33-,34-,35-,36-,37-,38-/m1/s1. The summed E-state index contributed by atoms with van der Waals surface area (Å²) in [7, 11) is 0. The van der Waals surface area contributed by atoms with Crippen molar-refractivity contribution >= 4 is 11.0 Å². The number of hydrogen-bond donors (Lipinski definition) is 11. The summed E-state index contributed by atoms with van der Waals surface area (Å²) >= 11 is 0. The molecule has 11 N–H and O–H groups in total. The van der Waals surface area contributed by atoms with E-state index in [1.165, 1.54) is 36.4 Å². The number of aliphatic hydroxyl groups excluding tert-OH is 6. The normalized spacial score (nSPS) is 28.0. The van der Waals surface area contributed by atoms with Crippen LogP contribution in [0.5, 0.6) is 34.5 Å². The molecular formula is C38H40O18. The molecule has 2 saturated heterocycles. The number of phenols is 5. The van der Waals surface area contributed by atoms with E-state index in [1.807, 2.05) is 0 Å². The molecule has 0 spiro atoms. The Balaban J connectivity index is 1.10. The Morgan fingerprint density at radius 2 is 1.41 bits per heavy atom. The van der Waals surface area contributed by atoms with Crippen LogP contribution in [0.1, 0.15) is 5.56 Å². The Kier molecular flexibility index (Phi) is 12.0. The number of allylic oxidation sites excluding steroid dienone is 2. The van der Waals surface area contributed by atoms with Crippen molar-refractivity contribution in [2.45, 2.75) is 67.8 Å². The van der Waals surface area contributed by atoms with Gasteiger partial charge in [0.15, 0.2) is 40.8 Å². The monoisotopic (exact) mass is 784 g/mol. The van der Waals surface area contributed by atoms with E-state index >= 15 is 0 Å². The number of aliphatic hydroxyl groups is 6. The molecule has 0 unspecified atom stereocenters. The average molecular weight is 785 g/mol. The maximum Gasteiger partial charge on any atom is 0.229 e. The lowest BCUT2D eigenvalue weighted by atomic mass is 9.98. The highest BCUT2D eigenvalue weighted by Gasteiger charge is 2.49. The molecule has 0 radical (unpaired) electrons. The van der Waals surface area contributed by atoms with Crippen molar-refractivity contribution in [2.75, 3.05) is 13.2 Å². The molecule has 56 heavy (non-hydrogen) atoms. The molecule has 2 aliphatic heterocycles. The predicted molar refractivity (Wildman–Crippen MR) is 191 cm³/mol.